The number of phenolic OH excluding ortho intramolecular Hbond substituents is 2. The molecule has 3 aromatic carbocycles. The van der Waals surface area contributed by atoms with Gasteiger partial charge in [-0.15, -0.1) is 0 Å². The van der Waals surface area contributed by atoms with Crippen molar-refractivity contribution in [3.8, 4) is 11.5 Å². The zero-order valence-electron chi connectivity index (χ0n) is 12.4. The zero-order chi connectivity index (χ0) is 15.8. The van der Waals surface area contributed by atoms with Crippen molar-refractivity contribution >= 4 is 22.7 Å². The number of aromatic hydroxyl groups is 2. The largest absolute Gasteiger partial charge is 0.506 e. The first-order valence-corrected chi connectivity index (χ1v) is 7.46. The Bertz CT molecular complexity index is 793. The summed E-state index contributed by atoms with van der Waals surface area (Å²) in [4.78, 5) is 4.08. The minimum atomic E-state index is 0.237. The number of rotatable bonds is 2. The molecule has 0 aromatic heterocycles. The molecule has 0 spiro atoms. The Balaban J connectivity index is 1.85. The predicted octanol–water partition coefficient (Wildman–Crippen LogP) is 4.35. The van der Waals surface area contributed by atoms with Gasteiger partial charge in [0.2, 0.25) is 0 Å². The van der Waals surface area contributed by atoms with E-state index in [4.69, 9.17) is 0 Å². The van der Waals surface area contributed by atoms with Gasteiger partial charge in [-0.25, -0.2) is 0 Å². The molecule has 0 radical (unpaired) electrons. The van der Waals surface area contributed by atoms with Gasteiger partial charge in [0, 0.05) is 0 Å². The van der Waals surface area contributed by atoms with E-state index < -0.39 is 0 Å². The number of hydrogen-bond acceptors (Lipinski definition) is 4. The minimum absolute atomic E-state index is 0.237. The Kier molecular flexibility index (Phi) is 3.08. The topological polar surface area (TPSA) is 46.9 Å². The van der Waals surface area contributed by atoms with Crippen LogP contribution in [0.2, 0.25) is 0 Å². The third-order valence-electron chi connectivity index (χ3n) is 4.09. The molecule has 0 bridgehead atoms. The summed E-state index contributed by atoms with van der Waals surface area (Å²) in [5.74, 6) is 0.475. The molecule has 0 atom stereocenters. The highest BCUT2D eigenvalue weighted by Gasteiger charge is 2.29. The van der Waals surface area contributed by atoms with Crippen LogP contribution < -0.4 is 9.80 Å². The molecule has 1 heterocycles. The first kappa shape index (κ1) is 13.5. The zero-order valence-corrected chi connectivity index (χ0v) is 12.4. The van der Waals surface area contributed by atoms with Crippen molar-refractivity contribution in [3.63, 3.8) is 0 Å². The van der Waals surface area contributed by atoms with Crippen molar-refractivity contribution < 1.29 is 10.2 Å². The summed E-state index contributed by atoms with van der Waals surface area (Å²) in [5.41, 5.74) is 3.49. The highest BCUT2D eigenvalue weighted by molar-refractivity contribution is 5.89. The van der Waals surface area contributed by atoms with Gasteiger partial charge < -0.3 is 20.0 Å². The average molecular weight is 304 g/mol. The fourth-order valence-electron chi connectivity index (χ4n) is 3.01. The molecular formula is C19H16N2O2. The Morgan fingerprint density at radius 3 is 1.26 bits per heavy atom. The van der Waals surface area contributed by atoms with Crippen LogP contribution >= 0.6 is 0 Å². The molecule has 3 aromatic rings. The molecule has 0 aliphatic carbocycles. The van der Waals surface area contributed by atoms with Crippen LogP contribution in [0.3, 0.4) is 0 Å². The van der Waals surface area contributed by atoms with E-state index >= 15 is 0 Å². The lowest BCUT2D eigenvalue weighted by atomic mass is 10.2. The first-order valence-electron chi connectivity index (χ1n) is 7.46. The molecule has 4 nitrogen and oxygen atoms in total. The third-order valence-corrected chi connectivity index (χ3v) is 4.09. The maximum absolute atomic E-state index is 10.2. The predicted molar refractivity (Wildman–Crippen MR) is 91.8 cm³/mol. The lowest BCUT2D eigenvalue weighted by molar-refractivity contribution is 0.475. The maximum Gasteiger partial charge on any atom is 0.139 e. The monoisotopic (exact) mass is 304 g/mol. The van der Waals surface area contributed by atoms with Crippen LogP contribution in [-0.2, 0) is 0 Å². The number of nitrogens with zero attached hydrogens (tertiary/aromatic N) is 2. The molecule has 0 saturated carbocycles. The first-order chi connectivity index (χ1) is 11.3. The van der Waals surface area contributed by atoms with Gasteiger partial charge in [-0.1, -0.05) is 36.4 Å². The Morgan fingerprint density at radius 2 is 0.870 bits per heavy atom. The quantitative estimate of drug-likeness (QED) is 0.739. The van der Waals surface area contributed by atoms with Crippen LogP contribution in [0.25, 0.3) is 0 Å². The van der Waals surface area contributed by atoms with Gasteiger partial charge in [0.15, 0.2) is 0 Å². The van der Waals surface area contributed by atoms with Crippen LogP contribution in [-0.4, -0.2) is 16.9 Å². The van der Waals surface area contributed by atoms with Crippen molar-refractivity contribution in [2.45, 2.75) is 0 Å². The van der Waals surface area contributed by atoms with Crippen molar-refractivity contribution in [2.24, 2.45) is 0 Å². The van der Waals surface area contributed by atoms with Crippen LogP contribution in [0.1, 0.15) is 0 Å². The Hall–Kier alpha value is -3.14. The summed E-state index contributed by atoms with van der Waals surface area (Å²) in [5, 5.41) is 20.4. The lowest BCUT2D eigenvalue weighted by Crippen LogP contribution is -2.24. The second-order valence-corrected chi connectivity index (χ2v) is 5.46. The molecule has 0 saturated heterocycles. The molecule has 2 N–H and O–H groups in total. The van der Waals surface area contributed by atoms with E-state index in [1.165, 1.54) is 0 Å². The van der Waals surface area contributed by atoms with Crippen LogP contribution in [0.4, 0.5) is 22.7 Å². The van der Waals surface area contributed by atoms with Crippen molar-refractivity contribution in [1.82, 2.24) is 0 Å². The van der Waals surface area contributed by atoms with Gasteiger partial charge in [-0.3, -0.25) is 0 Å². The molecule has 114 valence electrons. The van der Waals surface area contributed by atoms with Crippen molar-refractivity contribution in [3.05, 3.63) is 72.8 Å². The fourth-order valence-corrected chi connectivity index (χ4v) is 3.01. The summed E-state index contributed by atoms with van der Waals surface area (Å²) in [7, 11) is 0. The van der Waals surface area contributed by atoms with Gasteiger partial charge in [0.25, 0.3) is 0 Å². The van der Waals surface area contributed by atoms with E-state index in [1.54, 1.807) is 12.1 Å². The van der Waals surface area contributed by atoms with E-state index in [1.807, 2.05) is 70.5 Å². The Morgan fingerprint density at radius 1 is 0.522 bits per heavy atom. The van der Waals surface area contributed by atoms with Gasteiger partial charge in [-0.2, -0.15) is 0 Å². The highest BCUT2D eigenvalue weighted by atomic mass is 16.3. The number of phenols is 2. The van der Waals surface area contributed by atoms with Gasteiger partial charge >= 0.3 is 0 Å². The second-order valence-electron chi connectivity index (χ2n) is 5.46. The van der Waals surface area contributed by atoms with E-state index in [2.05, 4.69) is 0 Å². The number of hydrogen-bond donors (Lipinski definition) is 2. The highest BCUT2D eigenvalue weighted by Crippen LogP contribution is 2.47. The molecule has 1 aliphatic heterocycles. The average Bonchev–Trinajstić information content (AvgIpc) is 2.95. The molecular weight excluding hydrogens is 288 g/mol. The van der Waals surface area contributed by atoms with Crippen LogP contribution in [0.15, 0.2) is 72.8 Å². The molecule has 4 heteroatoms. The molecule has 0 unspecified atom stereocenters. The second kappa shape index (κ2) is 5.25. The fraction of sp³-hybridized carbons (Fsp3) is 0.0526. The van der Waals surface area contributed by atoms with Crippen molar-refractivity contribution in [1.29, 1.82) is 0 Å². The summed E-state index contributed by atoms with van der Waals surface area (Å²) in [6.45, 7) is 0.522. The van der Waals surface area contributed by atoms with E-state index in [-0.39, 0.29) is 11.5 Å². The maximum atomic E-state index is 10.2. The molecule has 0 amide bonds. The van der Waals surface area contributed by atoms with Crippen LogP contribution in [0.5, 0.6) is 11.5 Å². The number of para-hydroxylation sites is 6. The standard InChI is InChI=1S/C19H16N2O2/c22-18-11-5-3-9-16(18)20-13-21(15-8-2-1-7-14(15)20)17-10-4-6-12-19(17)23/h1-12,22-23H,13H2. The SMILES string of the molecule is Oc1ccccc1N1CN(c2ccccc2O)c2ccccc21. The third kappa shape index (κ3) is 2.16. The molecule has 1 aliphatic rings. The van der Waals surface area contributed by atoms with E-state index in [0.717, 1.165) is 22.7 Å². The van der Waals surface area contributed by atoms with Gasteiger partial charge in [0.1, 0.15) is 18.2 Å². The summed E-state index contributed by atoms with van der Waals surface area (Å²) in [6, 6.07) is 22.5. The van der Waals surface area contributed by atoms with Crippen molar-refractivity contribution in [2.75, 3.05) is 16.5 Å². The summed E-state index contributed by atoms with van der Waals surface area (Å²) >= 11 is 0. The molecule has 4 rings (SSSR count). The number of anilines is 4. The number of fused-ring (bicyclic) bond motifs is 1. The summed E-state index contributed by atoms with van der Waals surface area (Å²) < 4.78 is 0. The minimum Gasteiger partial charge on any atom is -0.506 e. The van der Waals surface area contributed by atoms with Gasteiger partial charge in [-0.05, 0) is 36.4 Å². The Labute approximate surface area is 134 Å². The number of benzene rings is 3. The van der Waals surface area contributed by atoms with E-state index in [0.29, 0.717) is 6.67 Å². The van der Waals surface area contributed by atoms with E-state index in [9.17, 15) is 10.2 Å². The van der Waals surface area contributed by atoms with Crippen LogP contribution in [0, 0.1) is 0 Å². The lowest BCUT2D eigenvalue weighted by Gasteiger charge is -2.23. The van der Waals surface area contributed by atoms with Gasteiger partial charge in [0.05, 0.1) is 22.7 Å². The summed E-state index contributed by atoms with van der Waals surface area (Å²) in [6.07, 6.45) is 0. The molecule has 23 heavy (non-hydrogen) atoms. The normalized spacial score (nSPS) is 13.2. The smallest absolute Gasteiger partial charge is 0.139 e. The molecule has 0 fully saturated rings.